The number of hydrogen-bond acceptors (Lipinski definition) is 7. The number of halogens is 2. The smallest absolute Gasteiger partial charge is 0.284 e. The number of anilines is 3. The Bertz CT molecular complexity index is 1250. The summed E-state index contributed by atoms with van der Waals surface area (Å²) in [6.07, 6.45) is 4.59. The highest BCUT2D eigenvalue weighted by Crippen LogP contribution is 2.36. The van der Waals surface area contributed by atoms with Gasteiger partial charge in [-0.1, -0.05) is 15.9 Å². The number of carbonyl (C=O) groups excluding carboxylic acids is 1. The minimum Gasteiger partial charge on any atom is -0.495 e. The molecule has 1 saturated heterocycles. The van der Waals surface area contributed by atoms with E-state index in [1.807, 2.05) is 30.1 Å². The van der Waals surface area contributed by atoms with Crippen LogP contribution in [0.4, 0.5) is 21.6 Å². The van der Waals surface area contributed by atoms with E-state index < -0.39 is 11.7 Å². The molecule has 0 saturated carbocycles. The summed E-state index contributed by atoms with van der Waals surface area (Å²) < 4.78 is 26.4. The second-order valence-corrected chi connectivity index (χ2v) is 8.84. The third-order valence-electron chi connectivity index (χ3n) is 5.75. The Morgan fingerprint density at radius 1 is 1.18 bits per heavy atom. The Kier molecular flexibility index (Phi) is 7.28. The highest BCUT2D eigenvalue weighted by Gasteiger charge is 2.22. The van der Waals surface area contributed by atoms with Crippen LogP contribution in [-0.2, 0) is 4.79 Å². The molecule has 1 aliphatic heterocycles. The van der Waals surface area contributed by atoms with Crippen LogP contribution in [0.15, 0.2) is 53.0 Å². The van der Waals surface area contributed by atoms with E-state index in [9.17, 15) is 9.18 Å². The summed E-state index contributed by atoms with van der Waals surface area (Å²) in [6.45, 7) is 0.882. The van der Waals surface area contributed by atoms with Gasteiger partial charge < -0.3 is 20.1 Å². The largest absolute Gasteiger partial charge is 0.495 e. The van der Waals surface area contributed by atoms with E-state index in [0.717, 1.165) is 23.9 Å². The van der Waals surface area contributed by atoms with E-state index in [1.54, 1.807) is 19.2 Å². The molecular weight excluding hydrogens is 505 g/mol. The van der Waals surface area contributed by atoms with Gasteiger partial charge in [-0.3, -0.25) is 9.69 Å². The van der Waals surface area contributed by atoms with Crippen LogP contribution >= 0.6 is 15.9 Å². The van der Waals surface area contributed by atoms with E-state index in [0.29, 0.717) is 39.6 Å². The molecule has 8 nitrogen and oxygen atoms in total. The summed E-state index contributed by atoms with van der Waals surface area (Å²) in [4.78, 5) is 23.3. The minimum atomic E-state index is -0.835. The molecule has 4 rings (SSSR count). The lowest BCUT2D eigenvalue weighted by molar-refractivity contribution is -0.114. The topological polar surface area (TPSA) is 88.6 Å². The monoisotopic (exact) mass is 529 g/mol. The van der Waals surface area contributed by atoms with Crippen molar-refractivity contribution in [1.82, 2.24) is 14.9 Å². The molecule has 1 fully saturated rings. The summed E-state index contributed by atoms with van der Waals surface area (Å²) in [7, 11) is 4.97. The first-order valence-corrected chi connectivity index (χ1v) is 11.5. The fourth-order valence-electron chi connectivity index (χ4n) is 3.93. The number of likely N-dealkylation sites (N-methyl/N-ethyl adjacent to an activating group) is 1. The molecule has 1 aliphatic rings. The maximum absolute atomic E-state index is 14.7. The van der Waals surface area contributed by atoms with Crippen LogP contribution in [0, 0.1) is 0 Å². The molecule has 0 aliphatic carbocycles. The molecule has 1 aromatic heterocycles. The van der Waals surface area contributed by atoms with Crippen molar-refractivity contribution in [2.45, 2.75) is 18.9 Å². The van der Waals surface area contributed by atoms with Crippen LogP contribution in [0.1, 0.15) is 12.8 Å². The summed E-state index contributed by atoms with van der Waals surface area (Å²) in [5.41, 5.74) is 1.58. The second-order valence-electron chi connectivity index (χ2n) is 7.92. The van der Waals surface area contributed by atoms with Gasteiger partial charge in [0.05, 0.1) is 31.1 Å². The molecule has 34 heavy (non-hydrogen) atoms. The maximum Gasteiger partial charge on any atom is 0.284 e. The first-order valence-electron chi connectivity index (χ1n) is 10.7. The molecule has 178 valence electrons. The molecule has 2 N–H and O–H groups in total. The summed E-state index contributed by atoms with van der Waals surface area (Å²) in [5, 5.41) is 6.49. The zero-order chi connectivity index (χ0) is 24.2. The Labute approximate surface area is 205 Å². The standard InChI is InChI=1S/C24H25BrFN5O3/c1-31-8-4-5-15(31)10-17(26)24(32)30-20-11-16-18(12-22(20)34-3)27-13-28-23(16)29-19-9-14(25)6-7-21(19)33-2/h6-7,9-13,15H,4-5,8H2,1-3H3,(H,30,32)(H,27,28,29)/b17-10+. The normalized spacial score (nSPS) is 16.5. The molecule has 1 unspecified atom stereocenters. The van der Waals surface area contributed by atoms with E-state index in [1.165, 1.54) is 19.5 Å². The van der Waals surface area contributed by atoms with Crippen molar-refractivity contribution in [2.75, 3.05) is 38.4 Å². The van der Waals surface area contributed by atoms with Crippen LogP contribution in [0.3, 0.4) is 0 Å². The zero-order valence-corrected chi connectivity index (χ0v) is 20.6. The molecular formula is C24H25BrFN5O3. The predicted molar refractivity (Wildman–Crippen MR) is 134 cm³/mol. The van der Waals surface area contributed by atoms with Crippen LogP contribution in [-0.4, -0.2) is 54.6 Å². The third kappa shape index (κ3) is 5.13. The number of methoxy groups -OCH3 is 2. The maximum atomic E-state index is 14.7. The highest BCUT2D eigenvalue weighted by atomic mass is 79.9. The van der Waals surface area contributed by atoms with E-state index in [2.05, 4.69) is 36.5 Å². The predicted octanol–water partition coefficient (Wildman–Crippen LogP) is 5.04. The number of nitrogens with zero attached hydrogens (tertiary/aromatic N) is 3. The molecule has 2 aromatic carbocycles. The van der Waals surface area contributed by atoms with Crippen molar-refractivity contribution in [3.8, 4) is 11.5 Å². The van der Waals surface area contributed by atoms with Crippen LogP contribution in [0.5, 0.6) is 11.5 Å². The average Bonchev–Trinajstić information content (AvgIpc) is 3.23. The lowest BCUT2D eigenvalue weighted by Gasteiger charge is -2.16. The number of amides is 1. The zero-order valence-electron chi connectivity index (χ0n) is 19.1. The van der Waals surface area contributed by atoms with Gasteiger partial charge in [-0.2, -0.15) is 0 Å². The van der Waals surface area contributed by atoms with Gasteiger partial charge in [0, 0.05) is 22.0 Å². The summed E-state index contributed by atoms with van der Waals surface area (Å²) in [6, 6.07) is 8.79. The van der Waals surface area contributed by atoms with E-state index >= 15 is 0 Å². The number of likely N-dealkylation sites (tertiary alicyclic amines) is 1. The van der Waals surface area contributed by atoms with Gasteiger partial charge in [-0.25, -0.2) is 14.4 Å². The molecule has 0 radical (unpaired) electrons. The van der Waals surface area contributed by atoms with Crippen LogP contribution in [0.2, 0.25) is 0 Å². The number of carbonyl (C=O) groups is 1. The van der Waals surface area contributed by atoms with Crippen molar-refractivity contribution >= 4 is 49.9 Å². The van der Waals surface area contributed by atoms with Crippen LogP contribution < -0.4 is 20.1 Å². The van der Waals surface area contributed by atoms with Gasteiger partial charge in [-0.15, -0.1) is 0 Å². The molecule has 1 atom stereocenters. The number of hydrogen-bond donors (Lipinski definition) is 2. The summed E-state index contributed by atoms with van der Waals surface area (Å²) >= 11 is 3.46. The number of aromatic nitrogens is 2. The van der Waals surface area contributed by atoms with Gasteiger partial charge >= 0.3 is 0 Å². The second kappa shape index (κ2) is 10.4. The average molecular weight is 530 g/mol. The van der Waals surface area contributed by atoms with E-state index in [-0.39, 0.29) is 6.04 Å². The van der Waals surface area contributed by atoms with Gasteiger partial charge in [0.2, 0.25) is 0 Å². The van der Waals surface area contributed by atoms with Crippen molar-refractivity contribution in [2.24, 2.45) is 0 Å². The van der Waals surface area contributed by atoms with Crippen molar-refractivity contribution < 1.29 is 18.7 Å². The Balaban J connectivity index is 1.67. The number of ether oxygens (including phenoxy) is 2. The molecule has 0 spiro atoms. The molecule has 10 heteroatoms. The number of benzene rings is 2. The molecule has 0 bridgehead atoms. The fourth-order valence-corrected chi connectivity index (χ4v) is 4.29. The minimum absolute atomic E-state index is 0.0892. The number of fused-ring (bicyclic) bond motifs is 1. The Morgan fingerprint density at radius 3 is 2.68 bits per heavy atom. The fraction of sp³-hybridized carbons (Fsp3) is 0.292. The lowest BCUT2D eigenvalue weighted by atomic mass is 10.1. The third-order valence-corrected chi connectivity index (χ3v) is 6.25. The molecule has 1 amide bonds. The quantitative estimate of drug-likeness (QED) is 0.414. The SMILES string of the molecule is COc1cc2ncnc(Nc3cc(Br)ccc3OC)c2cc1NC(=O)/C(F)=C\C1CCCN1C. The van der Waals surface area contributed by atoms with Crippen molar-refractivity contribution in [1.29, 1.82) is 0 Å². The summed E-state index contributed by atoms with van der Waals surface area (Å²) in [5.74, 6) is -0.194. The first kappa shape index (κ1) is 23.9. The molecule has 2 heterocycles. The van der Waals surface area contributed by atoms with Crippen molar-refractivity contribution in [3.63, 3.8) is 0 Å². The lowest BCUT2D eigenvalue weighted by Crippen LogP contribution is -2.24. The first-order chi connectivity index (χ1) is 16.4. The van der Waals surface area contributed by atoms with Crippen molar-refractivity contribution in [3.05, 3.63) is 53.0 Å². The highest BCUT2D eigenvalue weighted by molar-refractivity contribution is 9.10. The Morgan fingerprint density at radius 2 is 1.97 bits per heavy atom. The number of rotatable bonds is 7. The van der Waals surface area contributed by atoms with E-state index in [4.69, 9.17) is 9.47 Å². The van der Waals surface area contributed by atoms with Gasteiger partial charge in [-0.05, 0) is 56.8 Å². The number of nitrogens with one attached hydrogen (secondary N) is 2. The van der Waals surface area contributed by atoms with Gasteiger partial charge in [0.15, 0.2) is 5.83 Å². The van der Waals surface area contributed by atoms with Crippen LogP contribution in [0.25, 0.3) is 10.9 Å². The van der Waals surface area contributed by atoms with Gasteiger partial charge in [0.25, 0.3) is 5.91 Å². The molecule has 3 aromatic rings. The Hall–Kier alpha value is -3.24. The van der Waals surface area contributed by atoms with Gasteiger partial charge in [0.1, 0.15) is 23.6 Å².